The van der Waals surface area contributed by atoms with Gasteiger partial charge in [-0.3, -0.25) is 9.69 Å². The predicted molar refractivity (Wildman–Crippen MR) is 93.9 cm³/mol. The number of fused-ring (bicyclic) bond motifs is 1. The molecule has 0 aliphatic carbocycles. The van der Waals surface area contributed by atoms with E-state index in [9.17, 15) is 4.79 Å². The number of para-hydroxylation sites is 1. The lowest BCUT2D eigenvalue weighted by atomic mass is 9.92. The minimum absolute atomic E-state index is 0.335. The molecule has 1 aromatic heterocycles. The second-order valence-electron chi connectivity index (χ2n) is 6.15. The first-order chi connectivity index (χ1) is 12.2. The number of aromatic nitrogens is 3. The maximum Gasteiger partial charge on any atom is 0.239 e. The van der Waals surface area contributed by atoms with Crippen molar-refractivity contribution in [2.75, 3.05) is 6.54 Å². The molecule has 25 heavy (non-hydrogen) atoms. The molecule has 1 atom stereocenters. The minimum Gasteiger partial charge on any atom is -0.368 e. The smallest absolute Gasteiger partial charge is 0.239 e. The average Bonchev–Trinajstić information content (AvgIpc) is 3.10. The zero-order valence-electron chi connectivity index (χ0n) is 13.7. The van der Waals surface area contributed by atoms with Gasteiger partial charge in [-0.25, -0.2) is 9.67 Å². The second kappa shape index (κ2) is 6.49. The molecule has 2 heterocycles. The summed E-state index contributed by atoms with van der Waals surface area (Å²) in [7, 11) is 0. The Bertz CT molecular complexity index is 890. The summed E-state index contributed by atoms with van der Waals surface area (Å²) in [5, 5.41) is 4.33. The standard InChI is InChI=1S/C19H19N5O/c20-19(25)18-16-9-5-4-6-14(16)10-11-23(18)12-17-21-13-22-24(17)15-7-2-1-3-8-15/h1-9,13,18H,10-12H2,(H2,20,25). The van der Waals surface area contributed by atoms with Crippen LogP contribution in [-0.2, 0) is 17.8 Å². The molecule has 2 N–H and O–H groups in total. The molecule has 3 aromatic rings. The van der Waals surface area contributed by atoms with Crippen LogP contribution in [0.25, 0.3) is 5.69 Å². The highest BCUT2D eigenvalue weighted by Gasteiger charge is 2.32. The van der Waals surface area contributed by atoms with E-state index < -0.39 is 6.04 Å². The van der Waals surface area contributed by atoms with Gasteiger partial charge in [0.15, 0.2) is 0 Å². The first kappa shape index (κ1) is 15.5. The molecule has 0 fully saturated rings. The summed E-state index contributed by atoms with van der Waals surface area (Å²) >= 11 is 0. The highest BCUT2D eigenvalue weighted by molar-refractivity contribution is 5.82. The Kier molecular flexibility index (Phi) is 4.03. The van der Waals surface area contributed by atoms with Gasteiger partial charge in [-0.1, -0.05) is 42.5 Å². The highest BCUT2D eigenvalue weighted by Crippen LogP contribution is 2.30. The van der Waals surface area contributed by atoms with Crippen molar-refractivity contribution in [1.82, 2.24) is 19.7 Å². The fourth-order valence-electron chi connectivity index (χ4n) is 3.46. The molecule has 6 heteroatoms. The number of nitrogens with zero attached hydrogens (tertiary/aromatic N) is 4. The van der Waals surface area contributed by atoms with Crippen molar-refractivity contribution in [2.45, 2.75) is 19.0 Å². The quantitative estimate of drug-likeness (QED) is 0.790. The molecule has 0 spiro atoms. The van der Waals surface area contributed by atoms with Crippen LogP contribution < -0.4 is 5.73 Å². The van der Waals surface area contributed by atoms with E-state index in [2.05, 4.69) is 21.0 Å². The van der Waals surface area contributed by atoms with Crippen LogP contribution in [0.15, 0.2) is 60.9 Å². The van der Waals surface area contributed by atoms with Crippen molar-refractivity contribution in [3.8, 4) is 5.69 Å². The van der Waals surface area contributed by atoms with Crippen LogP contribution in [0.1, 0.15) is 23.0 Å². The van der Waals surface area contributed by atoms with Gasteiger partial charge in [0.2, 0.25) is 5.91 Å². The molecule has 1 unspecified atom stereocenters. The van der Waals surface area contributed by atoms with Crippen LogP contribution in [0.4, 0.5) is 0 Å². The second-order valence-corrected chi connectivity index (χ2v) is 6.15. The van der Waals surface area contributed by atoms with Gasteiger partial charge < -0.3 is 5.73 Å². The van der Waals surface area contributed by atoms with E-state index in [0.29, 0.717) is 6.54 Å². The summed E-state index contributed by atoms with van der Waals surface area (Å²) in [4.78, 5) is 18.6. The van der Waals surface area contributed by atoms with Gasteiger partial charge in [0.1, 0.15) is 18.2 Å². The van der Waals surface area contributed by atoms with Gasteiger partial charge in [0.05, 0.1) is 12.2 Å². The van der Waals surface area contributed by atoms with E-state index in [-0.39, 0.29) is 5.91 Å². The Balaban J connectivity index is 1.66. The summed E-state index contributed by atoms with van der Waals surface area (Å²) in [5.41, 5.74) is 8.85. The highest BCUT2D eigenvalue weighted by atomic mass is 16.1. The molecule has 126 valence electrons. The molecule has 6 nitrogen and oxygen atoms in total. The molecule has 0 saturated carbocycles. The van der Waals surface area contributed by atoms with Crippen molar-refractivity contribution in [1.29, 1.82) is 0 Å². The first-order valence-electron chi connectivity index (χ1n) is 8.29. The van der Waals surface area contributed by atoms with Crippen molar-refractivity contribution in [2.24, 2.45) is 5.73 Å². The van der Waals surface area contributed by atoms with Crippen LogP contribution in [0.2, 0.25) is 0 Å². The van der Waals surface area contributed by atoms with Crippen molar-refractivity contribution in [3.05, 3.63) is 77.9 Å². The molecule has 1 amide bonds. The number of rotatable bonds is 4. The SMILES string of the molecule is NC(=O)C1c2ccccc2CCN1Cc1ncnn1-c1ccccc1. The molecule has 0 saturated heterocycles. The lowest BCUT2D eigenvalue weighted by molar-refractivity contribution is -0.124. The van der Waals surface area contributed by atoms with E-state index in [1.54, 1.807) is 11.0 Å². The summed E-state index contributed by atoms with van der Waals surface area (Å²) in [6.07, 6.45) is 2.43. The lowest BCUT2D eigenvalue weighted by Crippen LogP contribution is -2.42. The van der Waals surface area contributed by atoms with E-state index >= 15 is 0 Å². The number of nitrogens with two attached hydrogens (primary N) is 1. The molecule has 1 aliphatic heterocycles. The minimum atomic E-state index is -0.439. The van der Waals surface area contributed by atoms with Crippen molar-refractivity contribution >= 4 is 5.91 Å². The van der Waals surface area contributed by atoms with Gasteiger partial charge in [-0.2, -0.15) is 5.10 Å². The molecule has 1 aliphatic rings. The number of carbonyl (C=O) groups is 1. The topological polar surface area (TPSA) is 77.0 Å². The molecule has 0 radical (unpaired) electrons. The van der Waals surface area contributed by atoms with Crippen LogP contribution in [0, 0.1) is 0 Å². The molecular formula is C19H19N5O. The van der Waals surface area contributed by atoms with Crippen LogP contribution in [0.3, 0.4) is 0 Å². The Labute approximate surface area is 145 Å². The van der Waals surface area contributed by atoms with Gasteiger partial charge in [0.25, 0.3) is 0 Å². The number of carbonyl (C=O) groups excluding carboxylic acids is 1. The molecular weight excluding hydrogens is 314 g/mol. The Morgan fingerprint density at radius 1 is 1.12 bits per heavy atom. The van der Waals surface area contributed by atoms with E-state index in [0.717, 1.165) is 30.0 Å². The van der Waals surface area contributed by atoms with E-state index in [1.807, 2.05) is 48.5 Å². The number of hydrogen-bond donors (Lipinski definition) is 1. The van der Waals surface area contributed by atoms with Crippen LogP contribution in [0.5, 0.6) is 0 Å². The third kappa shape index (κ3) is 2.92. The third-order valence-electron chi connectivity index (χ3n) is 4.62. The normalized spacial score (nSPS) is 17.2. The fraction of sp³-hybridized carbons (Fsp3) is 0.211. The third-order valence-corrected chi connectivity index (χ3v) is 4.62. The Morgan fingerprint density at radius 3 is 2.68 bits per heavy atom. The van der Waals surface area contributed by atoms with Gasteiger partial charge >= 0.3 is 0 Å². The number of hydrogen-bond acceptors (Lipinski definition) is 4. The molecule has 2 aromatic carbocycles. The molecule has 0 bridgehead atoms. The van der Waals surface area contributed by atoms with Crippen molar-refractivity contribution < 1.29 is 4.79 Å². The van der Waals surface area contributed by atoms with Crippen LogP contribution >= 0.6 is 0 Å². The van der Waals surface area contributed by atoms with Crippen molar-refractivity contribution in [3.63, 3.8) is 0 Å². The van der Waals surface area contributed by atoms with Gasteiger partial charge in [-0.15, -0.1) is 0 Å². The fourth-order valence-corrected chi connectivity index (χ4v) is 3.46. The average molecular weight is 333 g/mol. The van der Waals surface area contributed by atoms with E-state index in [1.165, 1.54) is 5.56 Å². The largest absolute Gasteiger partial charge is 0.368 e. The predicted octanol–water partition coefficient (Wildman–Crippen LogP) is 1.85. The summed E-state index contributed by atoms with van der Waals surface area (Å²) in [5.74, 6) is 0.453. The zero-order chi connectivity index (χ0) is 17.2. The number of primary amides is 1. The Hall–Kier alpha value is -2.99. The van der Waals surface area contributed by atoms with E-state index in [4.69, 9.17) is 5.73 Å². The van der Waals surface area contributed by atoms with Crippen LogP contribution in [-0.4, -0.2) is 32.1 Å². The lowest BCUT2D eigenvalue weighted by Gasteiger charge is -2.35. The number of benzene rings is 2. The summed E-state index contributed by atoms with van der Waals surface area (Å²) in [6, 6.07) is 17.4. The summed E-state index contributed by atoms with van der Waals surface area (Å²) < 4.78 is 1.80. The monoisotopic (exact) mass is 333 g/mol. The van der Waals surface area contributed by atoms with Gasteiger partial charge in [-0.05, 0) is 29.7 Å². The number of amides is 1. The molecule has 4 rings (SSSR count). The first-order valence-corrected chi connectivity index (χ1v) is 8.29. The van der Waals surface area contributed by atoms with Gasteiger partial charge in [0, 0.05) is 6.54 Å². The zero-order valence-corrected chi connectivity index (χ0v) is 13.7. The maximum atomic E-state index is 12.1. The maximum absolute atomic E-state index is 12.1. The Morgan fingerprint density at radius 2 is 1.88 bits per heavy atom. The summed E-state index contributed by atoms with van der Waals surface area (Å²) in [6.45, 7) is 1.27.